The lowest BCUT2D eigenvalue weighted by atomic mass is 9.77. The van der Waals surface area contributed by atoms with Crippen molar-refractivity contribution in [3.63, 3.8) is 0 Å². The minimum Gasteiger partial charge on any atom is -0.388 e. The standard InChI is InChI=1S/C15H20ClNO3/c1-3-20-11-7-15(19,8-11)9-17-14(18)12-6-4-5-10(2)13(12)16/h4-6,11,19H,3,7-9H2,1-2H3,(H,17,18). The normalized spacial score (nSPS) is 25.1. The highest BCUT2D eigenvalue weighted by Gasteiger charge is 2.43. The zero-order chi connectivity index (χ0) is 14.8. The zero-order valence-corrected chi connectivity index (χ0v) is 12.5. The molecule has 0 atom stereocenters. The number of carbonyl (C=O) groups is 1. The second-order valence-electron chi connectivity index (χ2n) is 5.33. The van der Waals surface area contributed by atoms with E-state index in [-0.39, 0.29) is 18.6 Å². The van der Waals surface area contributed by atoms with E-state index in [2.05, 4.69) is 5.32 Å². The molecule has 1 aromatic carbocycles. The summed E-state index contributed by atoms with van der Waals surface area (Å²) in [6.07, 6.45) is 1.22. The molecule has 2 rings (SSSR count). The molecule has 1 aliphatic rings. The number of hydrogen-bond acceptors (Lipinski definition) is 3. The lowest BCUT2D eigenvalue weighted by Gasteiger charge is -2.43. The van der Waals surface area contributed by atoms with Gasteiger partial charge in [-0.15, -0.1) is 0 Å². The Hall–Kier alpha value is -1.10. The van der Waals surface area contributed by atoms with Gasteiger partial charge in [-0.3, -0.25) is 4.79 Å². The Morgan fingerprint density at radius 3 is 2.90 bits per heavy atom. The monoisotopic (exact) mass is 297 g/mol. The average Bonchev–Trinajstić information content (AvgIpc) is 2.38. The summed E-state index contributed by atoms with van der Waals surface area (Å²) in [5.74, 6) is -0.257. The average molecular weight is 298 g/mol. The van der Waals surface area contributed by atoms with Gasteiger partial charge in [0.25, 0.3) is 5.91 Å². The van der Waals surface area contributed by atoms with Gasteiger partial charge < -0.3 is 15.2 Å². The fourth-order valence-corrected chi connectivity index (χ4v) is 2.66. The fourth-order valence-electron chi connectivity index (χ4n) is 2.45. The Morgan fingerprint density at radius 1 is 1.55 bits per heavy atom. The Bertz CT molecular complexity index is 498. The van der Waals surface area contributed by atoms with Crippen LogP contribution < -0.4 is 5.32 Å². The van der Waals surface area contributed by atoms with Crippen LogP contribution in [0.5, 0.6) is 0 Å². The summed E-state index contributed by atoms with van der Waals surface area (Å²) < 4.78 is 5.41. The van der Waals surface area contributed by atoms with E-state index >= 15 is 0 Å². The maximum atomic E-state index is 12.1. The molecule has 110 valence electrons. The summed E-state index contributed by atoms with van der Waals surface area (Å²) in [6.45, 7) is 4.65. The van der Waals surface area contributed by atoms with Crippen molar-refractivity contribution in [1.82, 2.24) is 5.32 Å². The third-order valence-electron chi connectivity index (χ3n) is 3.63. The maximum absolute atomic E-state index is 12.1. The van der Waals surface area contributed by atoms with Gasteiger partial charge in [-0.1, -0.05) is 23.7 Å². The molecule has 0 bridgehead atoms. The van der Waals surface area contributed by atoms with Gasteiger partial charge in [0.1, 0.15) is 0 Å². The van der Waals surface area contributed by atoms with Crippen LogP contribution in [0.25, 0.3) is 0 Å². The van der Waals surface area contributed by atoms with E-state index in [9.17, 15) is 9.90 Å². The first-order chi connectivity index (χ1) is 9.45. The first-order valence-electron chi connectivity index (χ1n) is 6.82. The molecule has 20 heavy (non-hydrogen) atoms. The molecule has 1 aliphatic carbocycles. The molecule has 0 saturated heterocycles. The molecular weight excluding hydrogens is 278 g/mol. The Kier molecular flexibility index (Phi) is 4.68. The highest BCUT2D eigenvalue weighted by Crippen LogP contribution is 2.34. The van der Waals surface area contributed by atoms with Crippen molar-refractivity contribution in [3.05, 3.63) is 34.3 Å². The third kappa shape index (κ3) is 3.32. The number of benzene rings is 1. The van der Waals surface area contributed by atoms with Gasteiger partial charge >= 0.3 is 0 Å². The molecule has 0 aliphatic heterocycles. The summed E-state index contributed by atoms with van der Waals surface area (Å²) >= 11 is 6.11. The van der Waals surface area contributed by atoms with Crippen LogP contribution in [0.4, 0.5) is 0 Å². The topological polar surface area (TPSA) is 58.6 Å². The number of carbonyl (C=O) groups excluding carboxylic acids is 1. The summed E-state index contributed by atoms with van der Waals surface area (Å²) in [5.41, 5.74) is 0.445. The molecule has 0 radical (unpaired) electrons. The van der Waals surface area contributed by atoms with Crippen molar-refractivity contribution in [2.45, 2.75) is 38.4 Å². The van der Waals surface area contributed by atoms with Gasteiger partial charge in [0.2, 0.25) is 0 Å². The second-order valence-corrected chi connectivity index (χ2v) is 5.71. The Labute approximate surface area is 124 Å². The molecule has 0 heterocycles. The summed E-state index contributed by atoms with van der Waals surface area (Å²) in [5, 5.41) is 13.4. The van der Waals surface area contributed by atoms with Gasteiger partial charge in [-0.25, -0.2) is 0 Å². The fraction of sp³-hybridized carbons (Fsp3) is 0.533. The summed E-state index contributed by atoms with van der Waals surface area (Å²) in [4.78, 5) is 12.1. The molecule has 4 nitrogen and oxygen atoms in total. The van der Waals surface area contributed by atoms with E-state index in [1.165, 1.54) is 0 Å². The number of hydrogen-bond donors (Lipinski definition) is 2. The van der Waals surface area contributed by atoms with Crippen molar-refractivity contribution in [1.29, 1.82) is 0 Å². The predicted octanol–water partition coefficient (Wildman–Crippen LogP) is 2.31. The zero-order valence-electron chi connectivity index (χ0n) is 11.8. The van der Waals surface area contributed by atoms with Crippen LogP contribution in [-0.4, -0.2) is 35.9 Å². The van der Waals surface area contributed by atoms with Crippen LogP contribution in [0.2, 0.25) is 5.02 Å². The number of nitrogens with one attached hydrogen (secondary N) is 1. The van der Waals surface area contributed by atoms with Crippen LogP contribution in [0.1, 0.15) is 35.7 Å². The number of halogens is 1. The van der Waals surface area contributed by atoms with E-state index in [1.54, 1.807) is 12.1 Å². The van der Waals surface area contributed by atoms with Gasteiger partial charge in [0, 0.05) is 26.0 Å². The molecule has 1 amide bonds. The SMILES string of the molecule is CCOC1CC(O)(CNC(=O)c2cccc(C)c2Cl)C1. The second kappa shape index (κ2) is 6.12. The highest BCUT2D eigenvalue weighted by atomic mass is 35.5. The molecule has 1 saturated carbocycles. The number of ether oxygens (including phenoxy) is 1. The van der Waals surface area contributed by atoms with Gasteiger partial charge in [-0.2, -0.15) is 0 Å². The molecule has 0 aromatic heterocycles. The van der Waals surface area contributed by atoms with Crippen LogP contribution in [0.3, 0.4) is 0 Å². The molecule has 5 heteroatoms. The molecular formula is C15H20ClNO3. The lowest BCUT2D eigenvalue weighted by Crippen LogP contribution is -2.55. The smallest absolute Gasteiger partial charge is 0.252 e. The molecule has 0 unspecified atom stereocenters. The molecule has 0 spiro atoms. The van der Waals surface area contributed by atoms with E-state index in [0.29, 0.717) is 30.0 Å². The van der Waals surface area contributed by atoms with Crippen LogP contribution in [0, 0.1) is 6.92 Å². The van der Waals surface area contributed by atoms with Gasteiger partial charge in [0.05, 0.1) is 22.3 Å². The molecule has 2 N–H and O–H groups in total. The maximum Gasteiger partial charge on any atom is 0.252 e. The summed E-state index contributed by atoms with van der Waals surface area (Å²) in [7, 11) is 0. The first-order valence-corrected chi connectivity index (χ1v) is 7.20. The van der Waals surface area contributed by atoms with Crippen molar-refractivity contribution < 1.29 is 14.6 Å². The lowest BCUT2D eigenvalue weighted by molar-refractivity contribution is -0.133. The number of aryl methyl sites for hydroxylation is 1. The minimum atomic E-state index is -0.855. The van der Waals surface area contributed by atoms with E-state index in [4.69, 9.17) is 16.3 Å². The van der Waals surface area contributed by atoms with Gasteiger partial charge in [0.15, 0.2) is 0 Å². The van der Waals surface area contributed by atoms with Crippen molar-refractivity contribution in [3.8, 4) is 0 Å². The third-order valence-corrected chi connectivity index (χ3v) is 4.13. The Balaban J connectivity index is 1.89. The quantitative estimate of drug-likeness (QED) is 0.877. The number of rotatable bonds is 5. The van der Waals surface area contributed by atoms with E-state index < -0.39 is 5.60 Å². The first kappa shape index (κ1) is 15.3. The highest BCUT2D eigenvalue weighted by molar-refractivity contribution is 6.34. The van der Waals surface area contributed by atoms with Crippen molar-refractivity contribution in [2.24, 2.45) is 0 Å². The predicted molar refractivity (Wildman–Crippen MR) is 78.1 cm³/mol. The molecule has 1 fully saturated rings. The summed E-state index contributed by atoms with van der Waals surface area (Å²) in [6, 6.07) is 5.32. The number of aliphatic hydroxyl groups is 1. The van der Waals surface area contributed by atoms with Crippen molar-refractivity contribution in [2.75, 3.05) is 13.2 Å². The van der Waals surface area contributed by atoms with Gasteiger partial charge in [-0.05, 0) is 25.5 Å². The molecule has 1 aromatic rings. The number of amides is 1. The van der Waals surface area contributed by atoms with E-state index in [1.807, 2.05) is 19.9 Å². The minimum absolute atomic E-state index is 0.101. The largest absolute Gasteiger partial charge is 0.388 e. The Morgan fingerprint density at radius 2 is 2.25 bits per heavy atom. The van der Waals surface area contributed by atoms with Crippen LogP contribution in [0.15, 0.2) is 18.2 Å². The van der Waals surface area contributed by atoms with Crippen LogP contribution >= 0.6 is 11.6 Å². The van der Waals surface area contributed by atoms with E-state index in [0.717, 1.165) is 5.56 Å². The van der Waals surface area contributed by atoms with Crippen molar-refractivity contribution >= 4 is 17.5 Å². The van der Waals surface area contributed by atoms with Crippen LogP contribution in [-0.2, 0) is 4.74 Å².